The molecule has 1 atom stereocenters. The highest BCUT2D eigenvalue weighted by Gasteiger charge is 2.17. The first kappa shape index (κ1) is 16.4. The number of carboxylic acids is 1. The third kappa shape index (κ3) is 4.23. The number of benzene rings is 2. The molecule has 0 aliphatic heterocycles. The minimum absolute atomic E-state index is 0.0982. The molecule has 0 radical (unpaired) electrons. The third-order valence-corrected chi connectivity index (χ3v) is 3.12. The van der Waals surface area contributed by atoms with Gasteiger partial charge in [-0.1, -0.05) is 18.2 Å². The number of para-hydroxylation sites is 2. The molecule has 1 amide bonds. The fourth-order valence-electron chi connectivity index (χ4n) is 1.93. The molecule has 0 saturated heterocycles. The molecule has 0 aliphatic carbocycles. The minimum atomic E-state index is -1.06. The Morgan fingerprint density at radius 1 is 1.09 bits per heavy atom. The average molecular weight is 315 g/mol. The van der Waals surface area contributed by atoms with Crippen molar-refractivity contribution in [1.29, 1.82) is 0 Å². The van der Waals surface area contributed by atoms with E-state index in [0.717, 1.165) is 0 Å². The second kappa shape index (κ2) is 7.31. The first-order chi connectivity index (χ1) is 11.0. The van der Waals surface area contributed by atoms with Crippen molar-refractivity contribution in [3.05, 3.63) is 54.1 Å². The number of ether oxygens (including phenoxy) is 2. The average Bonchev–Trinajstić information content (AvgIpc) is 2.55. The quantitative estimate of drug-likeness (QED) is 0.856. The maximum absolute atomic E-state index is 12.2. The van der Waals surface area contributed by atoms with E-state index in [-0.39, 0.29) is 5.56 Å². The molecule has 0 spiro atoms. The number of hydrogen-bond acceptors (Lipinski definition) is 4. The highest BCUT2D eigenvalue weighted by molar-refractivity contribution is 5.96. The molecule has 0 aliphatic rings. The van der Waals surface area contributed by atoms with Gasteiger partial charge in [-0.2, -0.15) is 0 Å². The van der Waals surface area contributed by atoms with Crippen molar-refractivity contribution in [1.82, 2.24) is 0 Å². The van der Waals surface area contributed by atoms with Gasteiger partial charge in [0.2, 0.25) is 0 Å². The van der Waals surface area contributed by atoms with E-state index in [1.807, 2.05) is 0 Å². The number of amides is 1. The summed E-state index contributed by atoms with van der Waals surface area (Å²) in [7, 11) is 1.52. The maximum atomic E-state index is 12.2. The van der Waals surface area contributed by atoms with Crippen molar-refractivity contribution >= 4 is 17.6 Å². The van der Waals surface area contributed by atoms with Crippen molar-refractivity contribution < 1.29 is 24.2 Å². The van der Waals surface area contributed by atoms with Crippen LogP contribution in [-0.2, 0) is 4.79 Å². The lowest BCUT2D eigenvalue weighted by molar-refractivity contribution is -0.122. The van der Waals surface area contributed by atoms with Crippen LogP contribution in [0.4, 0.5) is 5.69 Å². The van der Waals surface area contributed by atoms with Gasteiger partial charge in [-0.15, -0.1) is 0 Å². The number of carbonyl (C=O) groups excluding carboxylic acids is 1. The lowest BCUT2D eigenvalue weighted by Crippen LogP contribution is -2.30. The molecule has 2 aromatic carbocycles. The summed E-state index contributed by atoms with van der Waals surface area (Å²) in [5.74, 6) is -0.463. The predicted molar refractivity (Wildman–Crippen MR) is 85.1 cm³/mol. The van der Waals surface area contributed by atoms with Gasteiger partial charge in [0.15, 0.2) is 17.6 Å². The standard InChI is InChI=1S/C17H17NO5/c1-11(23-15-9-4-3-8-14(15)22-2)16(19)18-13-7-5-6-12(10-13)17(20)21/h3-11H,1-2H3,(H,18,19)(H,20,21)/t11-/m1/s1. The van der Waals surface area contributed by atoms with Gasteiger partial charge in [-0.05, 0) is 37.3 Å². The Hall–Kier alpha value is -3.02. The van der Waals surface area contributed by atoms with Crippen LogP contribution in [0.15, 0.2) is 48.5 Å². The summed E-state index contributed by atoms with van der Waals surface area (Å²) < 4.78 is 10.8. The summed E-state index contributed by atoms with van der Waals surface area (Å²) >= 11 is 0. The molecule has 2 N–H and O–H groups in total. The molecular formula is C17H17NO5. The molecular weight excluding hydrogens is 298 g/mol. The van der Waals surface area contributed by atoms with E-state index in [1.54, 1.807) is 43.3 Å². The zero-order chi connectivity index (χ0) is 16.8. The Labute approximate surface area is 133 Å². The summed E-state index contributed by atoms with van der Waals surface area (Å²) in [6.07, 6.45) is -0.778. The summed E-state index contributed by atoms with van der Waals surface area (Å²) in [6.45, 7) is 1.60. The molecule has 6 heteroatoms. The normalized spacial score (nSPS) is 11.4. The highest BCUT2D eigenvalue weighted by atomic mass is 16.5. The highest BCUT2D eigenvalue weighted by Crippen LogP contribution is 2.27. The first-order valence-electron chi connectivity index (χ1n) is 6.95. The largest absolute Gasteiger partial charge is 0.493 e. The number of anilines is 1. The second-order valence-corrected chi connectivity index (χ2v) is 4.79. The van der Waals surface area contributed by atoms with Crippen molar-refractivity contribution in [3.8, 4) is 11.5 Å². The summed E-state index contributed by atoms with van der Waals surface area (Å²) in [5.41, 5.74) is 0.492. The number of rotatable bonds is 6. The topological polar surface area (TPSA) is 84.9 Å². The molecule has 23 heavy (non-hydrogen) atoms. The number of nitrogens with one attached hydrogen (secondary N) is 1. The molecule has 2 aromatic rings. The van der Waals surface area contributed by atoms with Gasteiger partial charge in [-0.25, -0.2) is 4.79 Å². The molecule has 120 valence electrons. The summed E-state index contributed by atoms with van der Waals surface area (Å²) in [4.78, 5) is 23.1. The summed E-state index contributed by atoms with van der Waals surface area (Å²) in [5, 5.41) is 11.6. The zero-order valence-corrected chi connectivity index (χ0v) is 12.8. The monoisotopic (exact) mass is 315 g/mol. The van der Waals surface area contributed by atoms with Gasteiger partial charge >= 0.3 is 5.97 Å². The zero-order valence-electron chi connectivity index (χ0n) is 12.8. The maximum Gasteiger partial charge on any atom is 0.335 e. The van der Waals surface area contributed by atoms with E-state index in [0.29, 0.717) is 17.2 Å². The van der Waals surface area contributed by atoms with E-state index >= 15 is 0 Å². The van der Waals surface area contributed by atoms with Crippen LogP contribution in [0.3, 0.4) is 0 Å². The van der Waals surface area contributed by atoms with Crippen LogP contribution < -0.4 is 14.8 Å². The molecule has 0 unspecified atom stereocenters. The Bertz CT molecular complexity index is 714. The Morgan fingerprint density at radius 3 is 2.43 bits per heavy atom. The predicted octanol–water partition coefficient (Wildman–Crippen LogP) is 2.80. The first-order valence-corrected chi connectivity index (χ1v) is 6.95. The molecule has 0 heterocycles. The van der Waals surface area contributed by atoms with Gasteiger partial charge in [0, 0.05) is 5.69 Å². The second-order valence-electron chi connectivity index (χ2n) is 4.79. The van der Waals surface area contributed by atoms with Gasteiger partial charge in [-0.3, -0.25) is 4.79 Å². The molecule has 0 saturated carbocycles. The number of methoxy groups -OCH3 is 1. The molecule has 2 rings (SSSR count). The number of carbonyl (C=O) groups is 2. The number of hydrogen-bond donors (Lipinski definition) is 2. The van der Waals surface area contributed by atoms with Crippen LogP contribution >= 0.6 is 0 Å². The van der Waals surface area contributed by atoms with Crippen LogP contribution in [0.2, 0.25) is 0 Å². The van der Waals surface area contributed by atoms with E-state index in [9.17, 15) is 9.59 Å². The molecule has 0 fully saturated rings. The fraction of sp³-hybridized carbons (Fsp3) is 0.176. The number of carboxylic acid groups (broad SMARTS) is 1. The Balaban J connectivity index is 2.05. The SMILES string of the molecule is COc1ccccc1O[C@H](C)C(=O)Nc1cccc(C(=O)O)c1. The van der Waals surface area contributed by atoms with E-state index in [1.165, 1.54) is 19.2 Å². The minimum Gasteiger partial charge on any atom is -0.493 e. The summed E-state index contributed by atoms with van der Waals surface area (Å²) in [6, 6.07) is 13.0. The molecule has 0 aromatic heterocycles. The van der Waals surface area contributed by atoms with Crippen LogP contribution in [-0.4, -0.2) is 30.2 Å². The number of aromatic carboxylic acids is 1. The van der Waals surface area contributed by atoms with Crippen molar-refractivity contribution in [2.45, 2.75) is 13.0 Å². The van der Waals surface area contributed by atoms with E-state index in [2.05, 4.69) is 5.32 Å². The molecule has 6 nitrogen and oxygen atoms in total. The van der Waals surface area contributed by atoms with Crippen LogP contribution in [0.25, 0.3) is 0 Å². The van der Waals surface area contributed by atoms with Gasteiger partial charge in [0.25, 0.3) is 5.91 Å². The Morgan fingerprint density at radius 2 is 1.78 bits per heavy atom. The van der Waals surface area contributed by atoms with Crippen LogP contribution in [0.5, 0.6) is 11.5 Å². The lowest BCUT2D eigenvalue weighted by Gasteiger charge is -2.16. The van der Waals surface area contributed by atoms with E-state index in [4.69, 9.17) is 14.6 Å². The van der Waals surface area contributed by atoms with E-state index < -0.39 is 18.0 Å². The van der Waals surface area contributed by atoms with Crippen LogP contribution in [0.1, 0.15) is 17.3 Å². The van der Waals surface area contributed by atoms with Crippen molar-refractivity contribution in [3.63, 3.8) is 0 Å². The third-order valence-electron chi connectivity index (χ3n) is 3.12. The van der Waals surface area contributed by atoms with Gasteiger partial charge in [0.05, 0.1) is 12.7 Å². The Kier molecular flexibility index (Phi) is 5.19. The molecule has 0 bridgehead atoms. The van der Waals surface area contributed by atoms with Crippen LogP contribution in [0, 0.1) is 0 Å². The smallest absolute Gasteiger partial charge is 0.335 e. The van der Waals surface area contributed by atoms with Gasteiger partial charge < -0.3 is 19.9 Å². The fourth-order valence-corrected chi connectivity index (χ4v) is 1.93. The lowest BCUT2D eigenvalue weighted by atomic mass is 10.2. The van der Waals surface area contributed by atoms with Gasteiger partial charge in [0.1, 0.15) is 0 Å². The van der Waals surface area contributed by atoms with Crippen molar-refractivity contribution in [2.75, 3.05) is 12.4 Å². The van der Waals surface area contributed by atoms with Crippen molar-refractivity contribution in [2.24, 2.45) is 0 Å².